The number of aromatic nitrogens is 5. The number of hydrogen-bond donors (Lipinski definition) is 3. The van der Waals surface area contributed by atoms with Gasteiger partial charge in [0.15, 0.2) is 11.3 Å². The first-order chi connectivity index (χ1) is 15.1. The van der Waals surface area contributed by atoms with Crippen LogP contribution in [0.5, 0.6) is 0 Å². The molecule has 9 nitrogen and oxygen atoms in total. The highest BCUT2D eigenvalue weighted by molar-refractivity contribution is 7.17. The summed E-state index contributed by atoms with van der Waals surface area (Å²) in [5, 5.41) is 17.5. The third kappa shape index (κ3) is 4.46. The second-order valence-electron chi connectivity index (χ2n) is 7.47. The van der Waals surface area contributed by atoms with Crippen molar-refractivity contribution in [3.63, 3.8) is 0 Å². The van der Waals surface area contributed by atoms with Gasteiger partial charge in [-0.15, -0.1) is 11.3 Å². The maximum absolute atomic E-state index is 9.53. The summed E-state index contributed by atoms with van der Waals surface area (Å²) in [6, 6.07) is 4.26. The SMILES string of the molecule is CCCCN(CCO)c1nc(N)nc2cn(Cc3ccc(CNC)c4scnc34)nc12. The van der Waals surface area contributed by atoms with Crippen molar-refractivity contribution in [2.75, 3.05) is 37.4 Å². The maximum Gasteiger partial charge on any atom is 0.222 e. The first-order valence-corrected chi connectivity index (χ1v) is 11.4. The van der Waals surface area contributed by atoms with E-state index in [1.807, 2.05) is 28.3 Å². The van der Waals surface area contributed by atoms with Crippen molar-refractivity contribution < 1.29 is 5.11 Å². The van der Waals surface area contributed by atoms with E-state index in [2.05, 4.69) is 39.3 Å². The summed E-state index contributed by atoms with van der Waals surface area (Å²) in [6.45, 7) is 4.81. The molecule has 31 heavy (non-hydrogen) atoms. The number of aliphatic hydroxyl groups excluding tert-OH is 1. The Kier molecular flexibility index (Phi) is 6.59. The molecule has 10 heteroatoms. The summed E-state index contributed by atoms with van der Waals surface area (Å²) < 4.78 is 3.06. The minimum Gasteiger partial charge on any atom is -0.395 e. The number of nitrogen functional groups attached to an aromatic ring is 1. The van der Waals surface area contributed by atoms with Crippen LogP contribution in [0.4, 0.5) is 11.8 Å². The first kappa shape index (κ1) is 21.4. The highest BCUT2D eigenvalue weighted by atomic mass is 32.1. The van der Waals surface area contributed by atoms with Crippen molar-refractivity contribution in [3.8, 4) is 0 Å². The Morgan fingerprint density at radius 1 is 1.19 bits per heavy atom. The standard InChI is InChI=1S/C21H28N8OS/c1-3-4-7-28(8-9-30)20-18-16(25-21(22)26-20)12-29(27-18)11-15-6-5-14(10-23-2)19-17(15)24-13-31-19/h5-6,12-13,23,30H,3-4,7-11H2,1-2H3,(H2,22,25). The predicted molar refractivity (Wildman–Crippen MR) is 125 cm³/mol. The lowest BCUT2D eigenvalue weighted by Gasteiger charge is -2.22. The Morgan fingerprint density at radius 2 is 2.03 bits per heavy atom. The fourth-order valence-electron chi connectivity index (χ4n) is 3.75. The van der Waals surface area contributed by atoms with Crippen LogP contribution in [0, 0.1) is 0 Å². The molecule has 1 aromatic carbocycles. The van der Waals surface area contributed by atoms with Gasteiger partial charge >= 0.3 is 0 Å². The van der Waals surface area contributed by atoms with Crippen LogP contribution in [-0.2, 0) is 13.1 Å². The Balaban J connectivity index is 1.71. The molecule has 3 aromatic heterocycles. The number of nitrogens with zero attached hydrogens (tertiary/aromatic N) is 6. The molecule has 4 aromatic rings. The number of fused-ring (bicyclic) bond motifs is 2. The third-order valence-electron chi connectivity index (χ3n) is 5.21. The molecule has 3 heterocycles. The van der Waals surface area contributed by atoms with Gasteiger partial charge in [-0.05, 0) is 19.0 Å². The summed E-state index contributed by atoms with van der Waals surface area (Å²) in [5.74, 6) is 0.881. The number of nitrogens with one attached hydrogen (secondary N) is 1. The van der Waals surface area contributed by atoms with E-state index >= 15 is 0 Å². The van der Waals surface area contributed by atoms with Gasteiger partial charge in [0, 0.05) is 25.2 Å². The zero-order chi connectivity index (χ0) is 21.8. The number of benzene rings is 1. The van der Waals surface area contributed by atoms with E-state index in [1.165, 1.54) is 10.3 Å². The van der Waals surface area contributed by atoms with Gasteiger partial charge in [-0.25, -0.2) is 9.97 Å². The van der Waals surface area contributed by atoms with E-state index in [9.17, 15) is 5.11 Å². The van der Waals surface area contributed by atoms with Gasteiger partial charge in [0.2, 0.25) is 5.95 Å². The first-order valence-electron chi connectivity index (χ1n) is 10.5. The Morgan fingerprint density at radius 3 is 2.81 bits per heavy atom. The summed E-state index contributed by atoms with van der Waals surface area (Å²) in [6.07, 6.45) is 3.94. The molecule has 0 spiro atoms. The van der Waals surface area contributed by atoms with Crippen LogP contribution >= 0.6 is 11.3 Å². The molecule has 0 atom stereocenters. The van der Waals surface area contributed by atoms with Crippen LogP contribution in [0.2, 0.25) is 0 Å². The fraction of sp³-hybridized carbons (Fsp3) is 0.429. The summed E-state index contributed by atoms with van der Waals surface area (Å²) >= 11 is 1.66. The largest absolute Gasteiger partial charge is 0.395 e. The van der Waals surface area contributed by atoms with Crippen LogP contribution in [-0.4, -0.2) is 56.6 Å². The van der Waals surface area contributed by atoms with E-state index in [4.69, 9.17) is 10.8 Å². The molecule has 0 aliphatic carbocycles. The number of anilines is 2. The molecule has 0 bridgehead atoms. The minimum absolute atomic E-state index is 0.0383. The van der Waals surface area contributed by atoms with Gasteiger partial charge in [0.1, 0.15) is 5.52 Å². The van der Waals surface area contributed by atoms with Crippen molar-refractivity contribution in [2.24, 2.45) is 0 Å². The van der Waals surface area contributed by atoms with Crippen LogP contribution < -0.4 is 16.0 Å². The summed E-state index contributed by atoms with van der Waals surface area (Å²) in [4.78, 5) is 15.5. The van der Waals surface area contributed by atoms with Crippen molar-refractivity contribution in [3.05, 3.63) is 35.0 Å². The van der Waals surface area contributed by atoms with Crippen LogP contribution in [0.1, 0.15) is 30.9 Å². The molecular formula is C21H28N8OS. The number of hydrogen-bond acceptors (Lipinski definition) is 9. The quantitative estimate of drug-likeness (QED) is 0.344. The third-order valence-corrected chi connectivity index (χ3v) is 6.11. The smallest absolute Gasteiger partial charge is 0.222 e. The zero-order valence-corrected chi connectivity index (χ0v) is 18.7. The number of nitrogens with two attached hydrogens (primary N) is 1. The topological polar surface area (TPSA) is 118 Å². The van der Waals surface area contributed by atoms with Crippen molar-refractivity contribution in [1.29, 1.82) is 0 Å². The van der Waals surface area contributed by atoms with E-state index in [1.54, 1.807) is 11.3 Å². The minimum atomic E-state index is 0.0383. The maximum atomic E-state index is 9.53. The molecule has 0 radical (unpaired) electrons. The highest BCUT2D eigenvalue weighted by Gasteiger charge is 2.18. The van der Waals surface area contributed by atoms with Crippen LogP contribution in [0.3, 0.4) is 0 Å². The number of aliphatic hydroxyl groups is 1. The number of thiazole rings is 1. The fourth-order valence-corrected chi connectivity index (χ4v) is 4.60. The van der Waals surface area contributed by atoms with Gasteiger partial charge < -0.3 is 21.1 Å². The number of unbranched alkanes of at least 4 members (excludes halogenated alkanes) is 1. The van der Waals surface area contributed by atoms with Crippen molar-refractivity contribution in [2.45, 2.75) is 32.9 Å². The summed E-state index contributed by atoms with van der Waals surface area (Å²) in [5.41, 5.74) is 12.6. The lowest BCUT2D eigenvalue weighted by molar-refractivity contribution is 0.301. The molecule has 0 unspecified atom stereocenters. The van der Waals surface area contributed by atoms with Gasteiger partial charge in [0.05, 0.1) is 35.1 Å². The molecular weight excluding hydrogens is 412 g/mol. The van der Waals surface area contributed by atoms with E-state index in [-0.39, 0.29) is 12.6 Å². The monoisotopic (exact) mass is 440 g/mol. The molecule has 0 aliphatic rings. The average Bonchev–Trinajstić information content (AvgIpc) is 3.40. The molecule has 164 valence electrons. The van der Waals surface area contributed by atoms with Gasteiger partial charge in [0.25, 0.3) is 0 Å². The molecule has 4 N–H and O–H groups in total. The van der Waals surface area contributed by atoms with Crippen molar-refractivity contribution in [1.82, 2.24) is 30.0 Å². The summed E-state index contributed by atoms with van der Waals surface area (Å²) in [7, 11) is 1.95. The van der Waals surface area contributed by atoms with E-state index < -0.39 is 0 Å². The Labute approximate surface area is 184 Å². The van der Waals surface area contributed by atoms with Gasteiger partial charge in [-0.1, -0.05) is 25.5 Å². The zero-order valence-electron chi connectivity index (χ0n) is 17.9. The molecule has 4 rings (SSSR count). The lowest BCUT2D eigenvalue weighted by Crippen LogP contribution is -2.29. The average molecular weight is 441 g/mol. The Bertz CT molecular complexity index is 1170. The normalized spacial score (nSPS) is 11.6. The van der Waals surface area contributed by atoms with E-state index in [0.29, 0.717) is 29.9 Å². The molecule has 0 fully saturated rings. The second kappa shape index (κ2) is 9.54. The molecule has 0 saturated carbocycles. The van der Waals surface area contributed by atoms with E-state index in [0.717, 1.165) is 37.0 Å². The second-order valence-corrected chi connectivity index (χ2v) is 8.33. The van der Waals surface area contributed by atoms with Gasteiger partial charge in [-0.3, -0.25) is 4.68 Å². The Hall–Kier alpha value is -2.82. The predicted octanol–water partition coefficient (Wildman–Crippen LogP) is 2.38. The van der Waals surface area contributed by atoms with Gasteiger partial charge in [-0.2, -0.15) is 10.1 Å². The van der Waals surface area contributed by atoms with Crippen LogP contribution in [0.15, 0.2) is 23.8 Å². The highest BCUT2D eigenvalue weighted by Crippen LogP contribution is 2.28. The molecule has 0 saturated heterocycles. The van der Waals surface area contributed by atoms with Crippen molar-refractivity contribution >= 4 is 44.4 Å². The molecule has 0 amide bonds. The van der Waals surface area contributed by atoms with Crippen LogP contribution in [0.25, 0.3) is 21.3 Å². The lowest BCUT2D eigenvalue weighted by atomic mass is 10.1. The number of rotatable bonds is 10. The molecule has 0 aliphatic heterocycles.